The van der Waals surface area contributed by atoms with Crippen LogP contribution in [0, 0.1) is 0 Å². The number of allylic oxidation sites excluding steroid dienone is 9. The summed E-state index contributed by atoms with van der Waals surface area (Å²) >= 11 is 0. The molecule has 9 nitrogen and oxygen atoms in total. The predicted molar refractivity (Wildman–Crippen MR) is 198 cm³/mol. The maximum Gasteiger partial charge on any atom is 0.220 e. The molecule has 1 rings (SSSR count). The fraction of sp³-hybridized carbons (Fsp3) is 0.725. The Kier molecular flexibility index (Phi) is 28.1. The number of ether oxygens (including phenoxy) is 2. The molecule has 0 spiro atoms. The zero-order valence-corrected chi connectivity index (χ0v) is 30.4. The molecular weight excluding hydrogens is 622 g/mol. The molecule has 0 aromatic carbocycles. The first-order valence-electron chi connectivity index (χ1n) is 19.0. The molecule has 0 radical (unpaired) electrons. The predicted octanol–water partition coefficient (Wildman–Crippen LogP) is 6.49. The van der Waals surface area contributed by atoms with Crippen LogP contribution in [-0.4, -0.2) is 87.5 Å². The van der Waals surface area contributed by atoms with Gasteiger partial charge in [-0.1, -0.05) is 120 Å². The number of carbonyl (C=O) groups excluding carboxylic acids is 1. The first-order valence-corrected chi connectivity index (χ1v) is 19.0. The van der Waals surface area contributed by atoms with Crippen LogP contribution in [0.15, 0.2) is 60.8 Å². The van der Waals surface area contributed by atoms with E-state index in [1.54, 1.807) is 6.08 Å². The number of carbonyl (C=O) groups is 1. The zero-order valence-electron chi connectivity index (χ0n) is 30.4. The number of unbranched alkanes of at least 4 members (excludes halogenated alkanes) is 11. The van der Waals surface area contributed by atoms with Crippen molar-refractivity contribution in [1.29, 1.82) is 0 Å². The van der Waals surface area contributed by atoms with E-state index in [0.717, 1.165) is 77.0 Å². The van der Waals surface area contributed by atoms with E-state index in [-0.39, 0.29) is 12.5 Å². The Morgan fingerprint density at radius 3 is 1.92 bits per heavy atom. The second-order valence-corrected chi connectivity index (χ2v) is 13.0. The van der Waals surface area contributed by atoms with Gasteiger partial charge in [0.2, 0.25) is 5.91 Å². The lowest BCUT2D eigenvalue weighted by atomic mass is 9.99. The van der Waals surface area contributed by atoms with Crippen molar-refractivity contribution in [3.8, 4) is 0 Å². The summed E-state index contributed by atoms with van der Waals surface area (Å²) in [5.74, 6) is -0.209. The first kappa shape index (κ1) is 44.9. The monoisotopic (exact) mass is 692 g/mol. The van der Waals surface area contributed by atoms with Gasteiger partial charge in [-0.3, -0.25) is 4.79 Å². The smallest absolute Gasteiger partial charge is 0.220 e. The van der Waals surface area contributed by atoms with Crippen molar-refractivity contribution in [2.24, 2.45) is 0 Å². The molecule has 6 N–H and O–H groups in total. The number of rotatable bonds is 29. The Hall–Kier alpha value is -2.11. The summed E-state index contributed by atoms with van der Waals surface area (Å²) in [5, 5.41) is 53.6. The van der Waals surface area contributed by atoms with Crippen molar-refractivity contribution < 1.29 is 39.8 Å². The van der Waals surface area contributed by atoms with Crippen LogP contribution in [0.4, 0.5) is 0 Å². The molecule has 0 aromatic rings. The van der Waals surface area contributed by atoms with Gasteiger partial charge in [-0.05, 0) is 64.2 Å². The summed E-state index contributed by atoms with van der Waals surface area (Å²) < 4.78 is 11.1. The van der Waals surface area contributed by atoms with Crippen LogP contribution in [0.2, 0.25) is 0 Å². The van der Waals surface area contributed by atoms with Crippen molar-refractivity contribution in [1.82, 2.24) is 5.32 Å². The zero-order chi connectivity index (χ0) is 36.0. The number of amides is 1. The van der Waals surface area contributed by atoms with Crippen molar-refractivity contribution in [2.45, 2.75) is 172 Å². The number of hydrogen-bond acceptors (Lipinski definition) is 8. The second-order valence-electron chi connectivity index (χ2n) is 13.0. The SMILES string of the molecule is CCC/C=C/CC/C=C/C(O)C(COC1OC(CO)C(O)C(O)C1O)NC(=O)CCCCCCCC/C=C\C/C=C\C/C=C\CCCCC. The molecule has 9 heteroatoms. The van der Waals surface area contributed by atoms with Crippen LogP contribution >= 0.6 is 0 Å². The van der Waals surface area contributed by atoms with Gasteiger partial charge in [0, 0.05) is 6.42 Å². The fourth-order valence-electron chi connectivity index (χ4n) is 5.42. The number of aliphatic hydroxyl groups excluding tert-OH is 5. The fourth-order valence-corrected chi connectivity index (χ4v) is 5.42. The molecule has 1 heterocycles. The number of aliphatic hydroxyl groups is 5. The van der Waals surface area contributed by atoms with E-state index in [1.807, 2.05) is 6.08 Å². The Bertz CT molecular complexity index is 947. The molecule has 1 amide bonds. The topological polar surface area (TPSA) is 149 Å². The van der Waals surface area contributed by atoms with Gasteiger partial charge in [-0.15, -0.1) is 0 Å². The molecule has 49 heavy (non-hydrogen) atoms. The molecule has 7 atom stereocenters. The molecule has 1 fully saturated rings. The van der Waals surface area contributed by atoms with Crippen molar-refractivity contribution in [3.05, 3.63) is 60.8 Å². The molecule has 1 aliphatic heterocycles. The summed E-state index contributed by atoms with van der Waals surface area (Å²) in [6.45, 7) is 3.57. The van der Waals surface area contributed by atoms with Crippen LogP contribution in [-0.2, 0) is 14.3 Å². The van der Waals surface area contributed by atoms with Gasteiger partial charge in [0.05, 0.1) is 25.4 Å². The highest BCUT2D eigenvalue weighted by Crippen LogP contribution is 2.22. The number of nitrogens with one attached hydrogen (secondary N) is 1. The van der Waals surface area contributed by atoms with Crippen LogP contribution in [0.25, 0.3) is 0 Å². The molecule has 0 bridgehead atoms. The summed E-state index contributed by atoms with van der Waals surface area (Å²) in [7, 11) is 0. The third kappa shape index (κ3) is 22.4. The minimum atomic E-state index is -1.57. The normalized spacial score (nSPS) is 23.1. The summed E-state index contributed by atoms with van der Waals surface area (Å²) in [4.78, 5) is 12.8. The Morgan fingerprint density at radius 1 is 0.694 bits per heavy atom. The molecule has 1 aliphatic rings. The number of hydrogen-bond donors (Lipinski definition) is 6. The maximum atomic E-state index is 12.8. The molecule has 0 aromatic heterocycles. The Morgan fingerprint density at radius 2 is 1.27 bits per heavy atom. The van der Waals surface area contributed by atoms with Gasteiger partial charge in [-0.2, -0.15) is 0 Å². The average molecular weight is 692 g/mol. The van der Waals surface area contributed by atoms with E-state index in [1.165, 1.54) is 32.1 Å². The van der Waals surface area contributed by atoms with Gasteiger partial charge in [-0.25, -0.2) is 0 Å². The van der Waals surface area contributed by atoms with Gasteiger partial charge in [0.1, 0.15) is 24.4 Å². The summed E-state index contributed by atoms with van der Waals surface area (Å²) in [5.41, 5.74) is 0. The van der Waals surface area contributed by atoms with Crippen molar-refractivity contribution in [3.63, 3.8) is 0 Å². The molecule has 0 aliphatic carbocycles. The standard InChI is InChI=1S/C40H69NO8/c1-3-5-7-9-11-12-13-14-15-16-17-18-19-20-21-22-24-26-28-30-36(44)41-33(34(43)29-27-25-23-10-8-6-4-2)32-48-40-39(47)38(46)37(45)35(31-42)49-40/h8,10-12,14-15,17-18,27,29,33-35,37-40,42-43,45-47H,3-7,9,13,16,19-26,28,30-32H2,1-2H3,(H,41,44)/b10-8+,12-11-,15-14-,18-17-,29-27+. The van der Waals surface area contributed by atoms with Gasteiger partial charge in [0.15, 0.2) is 6.29 Å². The minimum Gasteiger partial charge on any atom is -0.394 e. The maximum absolute atomic E-state index is 12.8. The molecule has 1 saturated heterocycles. The van der Waals surface area contributed by atoms with Gasteiger partial charge >= 0.3 is 0 Å². The van der Waals surface area contributed by atoms with Crippen LogP contribution in [0.3, 0.4) is 0 Å². The van der Waals surface area contributed by atoms with E-state index in [2.05, 4.69) is 67.8 Å². The summed E-state index contributed by atoms with van der Waals surface area (Å²) in [6.07, 6.45) is 31.4. The molecule has 282 valence electrons. The van der Waals surface area contributed by atoms with E-state index in [9.17, 15) is 30.3 Å². The van der Waals surface area contributed by atoms with E-state index < -0.39 is 49.5 Å². The van der Waals surface area contributed by atoms with Crippen LogP contribution in [0.5, 0.6) is 0 Å². The van der Waals surface area contributed by atoms with Crippen molar-refractivity contribution >= 4 is 5.91 Å². The quantitative estimate of drug-likeness (QED) is 0.0385. The third-order valence-electron chi connectivity index (χ3n) is 8.55. The lowest BCUT2D eigenvalue weighted by molar-refractivity contribution is -0.302. The third-order valence-corrected chi connectivity index (χ3v) is 8.55. The van der Waals surface area contributed by atoms with Crippen molar-refractivity contribution in [2.75, 3.05) is 13.2 Å². The highest BCUT2D eigenvalue weighted by atomic mass is 16.7. The van der Waals surface area contributed by atoms with Gasteiger partial charge in [0.25, 0.3) is 0 Å². The highest BCUT2D eigenvalue weighted by Gasteiger charge is 2.44. The first-order chi connectivity index (χ1) is 23.8. The lowest BCUT2D eigenvalue weighted by Gasteiger charge is -2.40. The Balaban J connectivity index is 2.38. The van der Waals surface area contributed by atoms with E-state index in [4.69, 9.17) is 9.47 Å². The van der Waals surface area contributed by atoms with E-state index in [0.29, 0.717) is 6.42 Å². The minimum absolute atomic E-state index is 0.209. The largest absolute Gasteiger partial charge is 0.394 e. The lowest BCUT2D eigenvalue weighted by Crippen LogP contribution is -2.60. The molecular formula is C40H69NO8. The van der Waals surface area contributed by atoms with Crippen LogP contribution in [0.1, 0.15) is 129 Å². The highest BCUT2D eigenvalue weighted by molar-refractivity contribution is 5.76. The van der Waals surface area contributed by atoms with E-state index >= 15 is 0 Å². The van der Waals surface area contributed by atoms with Crippen LogP contribution < -0.4 is 5.32 Å². The molecule has 7 unspecified atom stereocenters. The molecule has 0 saturated carbocycles. The Labute approximate surface area is 296 Å². The van der Waals surface area contributed by atoms with Gasteiger partial charge < -0.3 is 40.3 Å². The average Bonchev–Trinajstić information content (AvgIpc) is 3.10. The second kappa shape index (κ2) is 30.7. The summed E-state index contributed by atoms with van der Waals surface area (Å²) in [6, 6.07) is -0.826.